The molecule has 1 aliphatic rings. The van der Waals surface area contributed by atoms with Crippen LogP contribution in [0.5, 0.6) is 0 Å². The number of fused-ring (bicyclic) bond motifs is 8. The van der Waals surface area contributed by atoms with Crippen LogP contribution in [0.4, 0.5) is 0 Å². The molecule has 1 aliphatic heterocycles. The Kier molecular flexibility index (Phi) is 8.43. The van der Waals surface area contributed by atoms with Gasteiger partial charge < -0.3 is 9.73 Å². The van der Waals surface area contributed by atoms with Crippen LogP contribution in [0, 0.1) is 0 Å². The number of aliphatic imine (C=N–C) groups is 2. The Morgan fingerprint density at radius 3 is 1.86 bits per heavy atom. The first-order chi connectivity index (χ1) is 31.7. The zero-order chi connectivity index (χ0) is 42.1. The lowest BCUT2D eigenvalue weighted by Gasteiger charge is -2.24. The van der Waals surface area contributed by atoms with Crippen molar-refractivity contribution in [3.05, 3.63) is 229 Å². The van der Waals surface area contributed by atoms with Crippen molar-refractivity contribution >= 4 is 86.7 Å². The predicted molar refractivity (Wildman–Crippen MR) is 270 cm³/mol. The minimum atomic E-state index is -0.341. The van der Waals surface area contributed by atoms with Gasteiger partial charge in [-0.3, -0.25) is 0 Å². The molecule has 4 nitrogen and oxygen atoms in total. The molecule has 64 heavy (non-hydrogen) atoms. The summed E-state index contributed by atoms with van der Waals surface area (Å²) < 4.78 is 9.39. The molecule has 0 fully saturated rings. The van der Waals surface area contributed by atoms with E-state index in [4.69, 9.17) is 14.4 Å². The van der Waals surface area contributed by atoms with Gasteiger partial charge in [0.1, 0.15) is 23.2 Å². The number of rotatable bonds is 6. The van der Waals surface area contributed by atoms with E-state index in [1.165, 1.54) is 42.1 Å². The molecule has 10 aromatic carbocycles. The molecule has 0 saturated carbocycles. The highest BCUT2D eigenvalue weighted by Gasteiger charge is 2.25. The van der Waals surface area contributed by atoms with Gasteiger partial charge in [0.05, 0.1) is 0 Å². The molecule has 3 heterocycles. The van der Waals surface area contributed by atoms with Crippen molar-refractivity contribution in [3.63, 3.8) is 0 Å². The van der Waals surface area contributed by atoms with Crippen LogP contribution in [0.25, 0.3) is 97.0 Å². The molecular weight excluding hydrogens is 799 g/mol. The topological polar surface area (TPSA) is 49.9 Å². The van der Waals surface area contributed by atoms with Crippen molar-refractivity contribution in [1.29, 1.82) is 0 Å². The molecule has 5 heteroatoms. The molecule has 0 spiro atoms. The van der Waals surface area contributed by atoms with Gasteiger partial charge in [-0.15, -0.1) is 11.3 Å². The summed E-state index contributed by atoms with van der Waals surface area (Å²) in [5.74, 6) is 1.49. The third-order valence-electron chi connectivity index (χ3n) is 12.7. The van der Waals surface area contributed by atoms with E-state index in [1.807, 2.05) is 11.3 Å². The van der Waals surface area contributed by atoms with E-state index in [9.17, 15) is 0 Å². The van der Waals surface area contributed by atoms with Gasteiger partial charge >= 0.3 is 0 Å². The SMILES string of the molecule is c1ccc(-c2ccc(-c3ccc(-c4ccc(C5=NC(c6ccc7ccccc7c6)=NC(c6cccc7c6sc6ccccc67)N5)cc4)c4c3oc3cc5ccccc5cc34)cc2)cc1. The largest absolute Gasteiger partial charge is 0.455 e. The van der Waals surface area contributed by atoms with E-state index in [2.05, 4.69) is 218 Å². The second kappa shape index (κ2) is 14.8. The van der Waals surface area contributed by atoms with Gasteiger partial charge in [0.2, 0.25) is 0 Å². The van der Waals surface area contributed by atoms with Crippen LogP contribution in [0.3, 0.4) is 0 Å². The maximum atomic E-state index is 6.88. The molecule has 1 atom stereocenters. The molecule has 0 amide bonds. The number of benzene rings is 10. The summed E-state index contributed by atoms with van der Waals surface area (Å²) >= 11 is 1.82. The minimum Gasteiger partial charge on any atom is -0.455 e. The summed E-state index contributed by atoms with van der Waals surface area (Å²) in [7, 11) is 0. The summed E-state index contributed by atoms with van der Waals surface area (Å²) in [5, 5.41) is 13.2. The molecule has 0 saturated heterocycles. The first-order valence-electron chi connectivity index (χ1n) is 21.7. The lowest BCUT2D eigenvalue weighted by atomic mass is 9.93. The quantitative estimate of drug-likeness (QED) is 0.181. The van der Waals surface area contributed by atoms with E-state index < -0.39 is 0 Å². The lowest BCUT2D eigenvalue weighted by molar-refractivity contribution is 0.670. The van der Waals surface area contributed by atoms with E-state index in [1.54, 1.807) is 0 Å². The molecule has 0 radical (unpaired) electrons. The summed E-state index contributed by atoms with van der Waals surface area (Å²) in [6.07, 6.45) is -0.341. The van der Waals surface area contributed by atoms with Gasteiger partial charge in [0.15, 0.2) is 5.84 Å². The highest BCUT2D eigenvalue weighted by molar-refractivity contribution is 7.26. The molecule has 0 bridgehead atoms. The summed E-state index contributed by atoms with van der Waals surface area (Å²) in [4.78, 5) is 10.6. The third-order valence-corrected chi connectivity index (χ3v) is 14.0. The number of furan rings is 1. The smallest absolute Gasteiger partial charge is 0.159 e. The molecule has 1 unspecified atom stereocenters. The average molecular weight is 836 g/mol. The Morgan fingerprint density at radius 2 is 1.05 bits per heavy atom. The zero-order valence-electron chi connectivity index (χ0n) is 34.5. The van der Waals surface area contributed by atoms with Crippen LogP contribution in [0.2, 0.25) is 0 Å². The monoisotopic (exact) mass is 835 g/mol. The Labute approximate surface area is 373 Å². The highest BCUT2D eigenvalue weighted by atomic mass is 32.1. The number of hydrogen-bond acceptors (Lipinski definition) is 5. The first kappa shape index (κ1) is 36.5. The summed E-state index contributed by atoms with van der Waals surface area (Å²) in [6.45, 7) is 0. The molecule has 13 rings (SSSR count). The number of nitrogens with one attached hydrogen (secondary N) is 1. The Morgan fingerprint density at radius 1 is 0.438 bits per heavy atom. The van der Waals surface area contributed by atoms with Crippen LogP contribution in [-0.4, -0.2) is 11.7 Å². The number of amidine groups is 2. The van der Waals surface area contributed by atoms with Gasteiger partial charge in [-0.2, -0.15) is 0 Å². The number of thiophene rings is 1. The fourth-order valence-electron chi connectivity index (χ4n) is 9.51. The standard InChI is InChI=1S/C59H37N3OS/c1-2-11-36(12-3-1)38-21-24-40(25-22-38)47-32-31-46(54-51-34-43-15-6-7-16-44(43)35-52(51)63-55(47)54)39-26-28-41(29-27-39)57-60-58(45-30-23-37-13-4-5-14-42(37)33-45)62-59(61-57)50-19-10-18-49-48-17-8-9-20-53(48)64-56(49)50/h1-35,59H,(H,60,61,62). The lowest BCUT2D eigenvalue weighted by Crippen LogP contribution is -2.33. The van der Waals surface area contributed by atoms with Crippen LogP contribution in [-0.2, 0) is 0 Å². The molecule has 0 aliphatic carbocycles. The van der Waals surface area contributed by atoms with Gasteiger partial charge in [-0.25, -0.2) is 9.98 Å². The Balaban J connectivity index is 0.928. The number of hydrogen-bond donors (Lipinski definition) is 1. The van der Waals surface area contributed by atoms with Crippen LogP contribution >= 0.6 is 11.3 Å². The minimum absolute atomic E-state index is 0.341. The van der Waals surface area contributed by atoms with Gasteiger partial charge in [-0.05, 0) is 79.7 Å². The maximum absolute atomic E-state index is 6.88. The van der Waals surface area contributed by atoms with Gasteiger partial charge in [-0.1, -0.05) is 182 Å². The molecule has 12 aromatic rings. The summed E-state index contributed by atoms with van der Waals surface area (Å²) in [6, 6.07) is 75.7. The Bertz CT molecular complexity index is 3860. The van der Waals surface area contributed by atoms with Gasteiger partial charge in [0, 0.05) is 53.2 Å². The average Bonchev–Trinajstić information content (AvgIpc) is 3.94. The highest BCUT2D eigenvalue weighted by Crippen LogP contribution is 2.44. The summed E-state index contributed by atoms with van der Waals surface area (Å²) in [5.41, 5.74) is 11.6. The van der Waals surface area contributed by atoms with E-state index in [-0.39, 0.29) is 6.17 Å². The van der Waals surface area contributed by atoms with E-state index >= 15 is 0 Å². The van der Waals surface area contributed by atoms with Crippen molar-refractivity contribution < 1.29 is 4.42 Å². The fraction of sp³-hybridized carbons (Fsp3) is 0.0169. The predicted octanol–water partition coefficient (Wildman–Crippen LogP) is 15.8. The van der Waals surface area contributed by atoms with Crippen molar-refractivity contribution in [3.8, 4) is 33.4 Å². The molecular formula is C59H37N3OS. The van der Waals surface area contributed by atoms with Crippen molar-refractivity contribution in [2.45, 2.75) is 6.17 Å². The number of nitrogens with zero attached hydrogens (tertiary/aromatic N) is 2. The molecule has 2 aromatic heterocycles. The first-order valence-corrected chi connectivity index (χ1v) is 22.5. The van der Waals surface area contributed by atoms with Crippen molar-refractivity contribution in [2.75, 3.05) is 0 Å². The van der Waals surface area contributed by atoms with Crippen LogP contribution in [0.1, 0.15) is 22.9 Å². The van der Waals surface area contributed by atoms with Crippen LogP contribution in [0.15, 0.2) is 227 Å². The normalized spacial score (nSPS) is 14.1. The van der Waals surface area contributed by atoms with Gasteiger partial charge in [0.25, 0.3) is 0 Å². The fourth-order valence-corrected chi connectivity index (χ4v) is 10.8. The van der Waals surface area contributed by atoms with Crippen LogP contribution < -0.4 is 5.32 Å². The second-order valence-electron chi connectivity index (χ2n) is 16.5. The second-order valence-corrected chi connectivity index (χ2v) is 17.6. The maximum Gasteiger partial charge on any atom is 0.159 e. The molecule has 1 N–H and O–H groups in total. The van der Waals surface area contributed by atoms with E-state index in [0.29, 0.717) is 5.84 Å². The Hall–Kier alpha value is -8.12. The van der Waals surface area contributed by atoms with Crippen molar-refractivity contribution in [2.24, 2.45) is 9.98 Å². The van der Waals surface area contributed by atoms with Crippen molar-refractivity contribution in [1.82, 2.24) is 5.32 Å². The third kappa shape index (κ3) is 6.12. The molecule has 300 valence electrons. The van der Waals surface area contributed by atoms with E-state index in [0.717, 1.165) is 77.5 Å². The zero-order valence-corrected chi connectivity index (χ0v) is 35.3.